The van der Waals surface area contributed by atoms with Crippen LogP contribution in [-0.2, 0) is 14.3 Å². The summed E-state index contributed by atoms with van der Waals surface area (Å²) >= 11 is 0. The molecule has 0 spiro atoms. The highest BCUT2D eigenvalue weighted by Crippen LogP contribution is 2.72. The lowest BCUT2D eigenvalue weighted by Crippen LogP contribution is -2.59. The van der Waals surface area contributed by atoms with Crippen LogP contribution in [0.4, 0.5) is 0 Å². The standard InChI is InChI=1S/C32H50O6/c1-18(10-9-11-19(2)28(36)37)22-16-25(35)32(8)27-21(12-15-31(22,32)7)30(6)14-13-26(38-20(3)33)29(4,5)24(30)17-23(27)34/h11,18,22-26,34-35H,9-10,12-17H2,1-8H3,(H,36,37). The number of carbonyl (C=O) groups excluding carboxylic acids is 1. The zero-order valence-electron chi connectivity index (χ0n) is 24.8. The first-order chi connectivity index (χ1) is 17.5. The van der Waals surface area contributed by atoms with E-state index in [9.17, 15) is 24.9 Å². The monoisotopic (exact) mass is 530 g/mol. The number of carboxylic acid groups (broad SMARTS) is 1. The average molecular weight is 531 g/mol. The quantitative estimate of drug-likeness (QED) is 0.219. The molecule has 0 aromatic rings. The molecule has 4 rings (SSSR count). The summed E-state index contributed by atoms with van der Waals surface area (Å²) in [4.78, 5) is 23.0. The van der Waals surface area contributed by atoms with Crippen LogP contribution in [0.15, 0.2) is 22.8 Å². The highest BCUT2D eigenvalue weighted by atomic mass is 16.5. The molecule has 0 heterocycles. The molecule has 4 aliphatic rings. The second kappa shape index (κ2) is 9.76. The van der Waals surface area contributed by atoms with Gasteiger partial charge in [-0.2, -0.15) is 0 Å². The summed E-state index contributed by atoms with van der Waals surface area (Å²) < 4.78 is 5.78. The SMILES string of the molecule is CC(=O)OC1CCC2(C)C3=C(C(O)CC2C1(C)C)C1(C)C(O)CC(C(C)CCC=C(C)C(=O)O)C1(C)CC3. The van der Waals surface area contributed by atoms with Crippen molar-refractivity contribution < 1.29 is 29.6 Å². The van der Waals surface area contributed by atoms with E-state index in [4.69, 9.17) is 4.74 Å². The lowest BCUT2D eigenvalue weighted by molar-refractivity contribution is -0.170. The second-order valence-electron chi connectivity index (χ2n) is 14.3. The van der Waals surface area contributed by atoms with Gasteiger partial charge in [0.25, 0.3) is 0 Å². The second-order valence-corrected chi connectivity index (χ2v) is 14.3. The number of hydrogen-bond acceptors (Lipinski definition) is 5. The minimum absolute atomic E-state index is 0.0956. The zero-order valence-corrected chi connectivity index (χ0v) is 24.8. The molecule has 0 bridgehead atoms. The summed E-state index contributed by atoms with van der Waals surface area (Å²) in [5.74, 6) is -0.301. The van der Waals surface area contributed by atoms with Gasteiger partial charge in [0, 0.05) is 23.3 Å². The summed E-state index contributed by atoms with van der Waals surface area (Å²) in [6.07, 6.45) is 7.07. The van der Waals surface area contributed by atoms with Gasteiger partial charge in [-0.15, -0.1) is 0 Å². The third-order valence-corrected chi connectivity index (χ3v) is 12.2. The van der Waals surface area contributed by atoms with Crippen molar-refractivity contribution in [3.05, 3.63) is 22.8 Å². The van der Waals surface area contributed by atoms with E-state index in [-0.39, 0.29) is 34.2 Å². The number of esters is 1. The Kier molecular flexibility index (Phi) is 7.53. The number of aliphatic hydroxyl groups is 2. The Morgan fingerprint density at radius 2 is 1.74 bits per heavy atom. The first kappa shape index (κ1) is 29.3. The Morgan fingerprint density at radius 1 is 1.08 bits per heavy atom. The summed E-state index contributed by atoms with van der Waals surface area (Å²) in [5, 5.41) is 32.8. The maximum absolute atomic E-state index is 11.8. The molecule has 4 aliphatic carbocycles. The van der Waals surface area contributed by atoms with Crippen LogP contribution in [-0.4, -0.2) is 45.6 Å². The molecule has 0 aliphatic heterocycles. The van der Waals surface area contributed by atoms with Crippen LogP contribution < -0.4 is 0 Å². The summed E-state index contributed by atoms with van der Waals surface area (Å²) in [7, 11) is 0. The van der Waals surface area contributed by atoms with Gasteiger partial charge in [0.15, 0.2) is 0 Å². The summed E-state index contributed by atoms with van der Waals surface area (Å²) in [6, 6.07) is 0. The van der Waals surface area contributed by atoms with Crippen molar-refractivity contribution >= 4 is 11.9 Å². The fourth-order valence-electron chi connectivity index (χ4n) is 9.82. The van der Waals surface area contributed by atoms with Crippen molar-refractivity contribution in [3.8, 4) is 0 Å². The van der Waals surface area contributed by atoms with Gasteiger partial charge < -0.3 is 20.1 Å². The van der Waals surface area contributed by atoms with E-state index in [0.717, 1.165) is 37.7 Å². The van der Waals surface area contributed by atoms with E-state index in [0.29, 0.717) is 36.7 Å². The summed E-state index contributed by atoms with van der Waals surface area (Å²) in [6.45, 7) is 16.6. The van der Waals surface area contributed by atoms with Crippen molar-refractivity contribution in [2.24, 2.45) is 39.4 Å². The van der Waals surface area contributed by atoms with Crippen molar-refractivity contribution in [2.75, 3.05) is 0 Å². The van der Waals surface area contributed by atoms with Crippen LogP contribution in [0.3, 0.4) is 0 Å². The van der Waals surface area contributed by atoms with E-state index in [1.54, 1.807) is 6.92 Å². The Hall–Kier alpha value is -1.66. The van der Waals surface area contributed by atoms with Crippen molar-refractivity contribution in [1.29, 1.82) is 0 Å². The van der Waals surface area contributed by atoms with E-state index < -0.39 is 23.6 Å². The fraction of sp³-hybridized carbons (Fsp3) is 0.812. The lowest BCUT2D eigenvalue weighted by atomic mass is 9.42. The smallest absolute Gasteiger partial charge is 0.330 e. The van der Waals surface area contributed by atoms with Crippen molar-refractivity contribution in [1.82, 2.24) is 0 Å². The molecule has 0 aromatic heterocycles. The molecule has 0 aromatic carbocycles. The normalized spacial score (nSPS) is 43.1. The Labute approximate surface area is 228 Å². The Balaban J connectivity index is 1.68. The van der Waals surface area contributed by atoms with E-state index in [1.165, 1.54) is 12.5 Å². The van der Waals surface area contributed by atoms with Gasteiger partial charge in [-0.25, -0.2) is 4.79 Å². The van der Waals surface area contributed by atoms with Gasteiger partial charge in [0.05, 0.1) is 12.2 Å². The number of ether oxygens (including phenoxy) is 1. The van der Waals surface area contributed by atoms with Gasteiger partial charge in [-0.3, -0.25) is 4.79 Å². The molecule has 38 heavy (non-hydrogen) atoms. The molecule has 9 unspecified atom stereocenters. The molecular formula is C32H50O6. The largest absolute Gasteiger partial charge is 0.478 e. The van der Waals surface area contributed by atoms with Crippen LogP contribution in [0.1, 0.15) is 107 Å². The molecule has 0 saturated heterocycles. The van der Waals surface area contributed by atoms with Crippen LogP contribution in [0.25, 0.3) is 0 Å². The third kappa shape index (κ3) is 4.20. The van der Waals surface area contributed by atoms with E-state index >= 15 is 0 Å². The van der Waals surface area contributed by atoms with Crippen LogP contribution >= 0.6 is 0 Å². The molecule has 0 radical (unpaired) electrons. The van der Waals surface area contributed by atoms with E-state index in [1.807, 2.05) is 6.08 Å². The molecule has 2 fully saturated rings. The number of carbonyl (C=O) groups is 2. The van der Waals surface area contributed by atoms with Crippen LogP contribution in [0, 0.1) is 39.4 Å². The van der Waals surface area contributed by atoms with Gasteiger partial charge >= 0.3 is 11.9 Å². The molecule has 2 saturated carbocycles. The molecule has 3 N–H and O–H groups in total. The number of hydrogen-bond donors (Lipinski definition) is 3. The minimum Gasteiger partial charge on any atom is -0.478 e. The summed E-state index contributed by atoms with van der Waals surface area (Å²) in [5.41, 5.74) is 1.82. The zero-order chi connectivity index (χ0) is 28.4. The molecule has 214 valence electrons. The molecular weight excluding hydrogens is 480 g/mol. The minimum atomic E-state index is -0.872. The van der Waals surface area contributed by atoms with Gasteiger partial charge in [-0.05, 0) is 92.4 Å². The maximum atomic E-state index is 11.8. The fourth-order valence-corrected chi connectivity index (χ4v) is 9.82. The number of aliphatic hydroxyl groups excluding tert-OH is 2. The first-order valence-corrected chi connectivity index (χ1v) is 14.7. The van der Waals surface area contributed by atoms with E-state index in [2.05, 4.69) is 41.5 Å². The molecule has 9 atom stereocenters. The Morgan fingerprint density at radius 3 is 2.34 bits per heavy atom. The van der Waals surface area contributed by atoms with Gasteiger partial charge in [-0.1, -0.05) is 53.2 Å². The van der Waals surface area contributed by atoms with Crippen LogP contribution in [0.2, 0.25) is 0 Å². The molecule has 6 nitrogen and oxygen atoms in total. The number of rotatable bonds is 6. The highest BCUT2D eigenvalue weighted by Gasteiger charge is 2.68. The van der Waals surface area contributed by atoms with Gasteiger partial charge in [0.1, 0.15) is 6.10 Å². The maximum Gasteiger partial charge on any atom is 0.330 e. The first-order valence-electron chi connectivity index (χ1n) is 14.7. The topological polar surface area (TPSA) is 104 Å². The number of aliphatic carboxylic acids is 1. The molecule has 0 amide bonds. The van der Waals surface area contributed by atoms with Gasteiger partial charge in [0.2, 0.25) is 0 Å². The number of carboxylic acids is 1. The number of fused-ring (bicyclic) bond motifs is 4. The molecule has 6 heteroatoms. The highest BCUT2D eigenvalue weighted by molar-refractivity contribution is 5.85. The lowest BCUT2D eigenvalue weighted by Gasteiger charge is -2.63. The Bertz CT molecular complexity index is 1040. The number of allylic oxidation sites excluding steroid dienone is 2. The predicted molar refractivity (Wildman–Crippen MR) is 147 cm³/mol. The van der Waals surface area contributed by atoms with Crippen molar-refractivity contribution in [2.45, 2.75) is 125 Å². The third-order valence-electron chi connectivity index (χ3n) is 12.2. The average Bonchev–Trinajstić information content (AvgIpc) is 3.03. The van der Waals surface area contributed by atoms with Crippen LogP contribution in [0.5, 0.6) is 0 Å². The van der Waals surface area contributed by atoms with Crippen molar-refractivity contribution in [3.63, 3.8) is 0 Å². The predicted octanol–water partition coefficient (Wildman–Crippen LogP) is 6.06.